The summed E-state index contributed by atoms with van der Waals surface area (Å²) in [5, 5.41) is 3.41. The van der Waals surface area contributed by atoms with Gasteiger partial charge in [0, 0.05) is 52.9 Å². The van der Waals surface area contributed by atoms with Crippen LogP contribution < -0.4 is 5.32 Å². The van der Waals surface area contributed by atoms with Crippen LogP contribution in [0.5, 0.6) is 0 Å². The van der Waals surface area contributed by atoms with Crippen LogP contribution in [0, 0.1) is 5.92 Å². The molecule has 2 rings (SSSR count). The number of amides is 1. The van der Waals surface area contributed by atoms with E-state index in [0.717, 1.165) is 58.1 Å². The van der Waals surface area contributed by atoms with Gasteiger partial charge in [-0.25, -0.2) is 4.99 Å². The van der Waals surface area contributed by atoms with Crippen LogP contribution in [-0.4, -0.2) is 94.2 Å². The van der Waals surface area contributed by atoms with Gasteiger partial charge in [-0.3, -0.25) is 4.79 Å². The van der Waals surface area contributed by atoms with Crippen molar-refractivity contribution in [1.82, 2.24) is 15.1 Å². The van der Waals surface area contributed by atoms with Crippen molar-refractivity contribution in [3.8, 4) is 0 Å². The molecule has 9 heteroatoms. The molecular formula is C19H37IN4O4. The normalized spacial score (nSPS) is 21.9. The quantitative estimate of drug-likeness (QED) is 0.230. The zero-order chi connectivity index (χ0) is 19.7. The summed E-state index contributed by atoms with van der Waals surface area (Å²) in [7, 11) is 3.50. The number of hydrogen-bond acceptors (Lipinski definition) is 5. The highest BCUT2D eigenvalue weighted by Gasteiger charge is 2.42. The first-order valence-corrected chi connectivity index (χ1v) is 10.1. The molecule has 1 unspecified atom stereocenters. The predicted octanol–water partition coefficient (Wildman–Crippen LogP) is 1.54. The molecule has 2 aliphatic heterocycles. The number of likely N-dealkylation sites (N-methyl/N-ethyl adjacent to an activating group) is 1. The molecule has 0 aromatic rings. The fraction of sp³-hybridized carbons (Fsp3) is 0.895. The first-order valence-electron chi connectivity index (χ1n) is 10.1. The summed E-state index contributed by atoms with van der Waals surface area (Å²) in [4.78, 5) is 20.4. The van der Waals surface area contributed by atoms with E-state index >= 15 is 0 Å². The molecule has 164 valence electrons. The minimum atomic E-state index is -0.516. The number of guanidine groups is 1. The number of halogens is 1. The average molecular weight is 512 g/mol. The SMILES string of the molecule is CCOCCCNC(=NCC(=O)N(C)C)N1CCCC(C2(C)OCCO2)C1.I. The topological polar surface area (TPSA) is 75.6 Å². The van der Waals surface area contributed by atoms with E-state index < -0.39 is 5.79 Å². The highest BCUT2D eigenvalue weighted by atomic mass is 127. The third-order valence-electron chi connectivity index (χ3n) is 5.14. The Morgan fingerprint density at radius 2 is 2.07 bits per heavy atom. The van der Waals surface area contributed by atoms with E-state index in [1.54, 1.807) is 19.0 Å². The van der Waals surface area contributed by atoms with Crippen LogP contribution in [-0.2, 0) is 19.0 Å². The van der Waals surface area contributed by atoms with E-state index in [4.69, 9.17) is 14.2 Å². The first kappa shape index (κ1) is 25.4. The fourth-order valence-electron chi connectivity index (χ4n) is 3.43. The van der Waals surface area contributed by atoms with Gasteiger partial charge >= 0.3 is 0 Å². The summed E-state index contributed by atoms with van der Waals surface area (Å²) in [6, 6.07) is 0. The number of ether oxygens (including phenoxy) is 3. The Morgan fingerprint density at radius 3 is 2.71 bits per heavy atom. The summed E-state index contributed by atoms with van der Waals surface area (Å²) in [5.41, 5.74) is 0. The lowest BCUT2D eigenvalue weighted by Crippen LogP contribution is -2.52. The summed E-state index contributed by atoms with van der Waals surface area (Å²) in [6.45, 7) is 9.42. The highest BCUT2D eigenvalue weighted by Crippen LogP contribution is 2.34. The van der Waals surface area contributed by atoms with Gasteiger partial charge in [-0.2, -0.15) is 0 Å². The predicted molar refractivity (Wildman–Crippen MR) is 120 cm³/mol. The molecule has 1 amide bonds. The van der Waals surface area contributed by atoms with Crippen molar-refractivity contribution in [2.24, 2.45) is 10.9 Å². The second-order valence-corrected chi connectivity index (χ2v) is 7.40. The monoisotopic (exact) mass is 512 g/mol. The molecular weight excluding hydrogens is 475 g/mol. The third-order valence-corrected chi connectivity index (χ3v) is 5.14. The molecule has 1 N–H and O–H groups in total. The van der Waals surface area contributed by atoms with Gasteiger partial charge in [0.1, 0.15) is 6.54 Å². The Hall–Kier alpha value is -0.650. The van der Waals surface area contributed by atoms with E-state index in [9.17, 15) is 4.79 Å². The molecule has 2 saturated heterocycles. The maximum Gasteiger partial charge on any atom is 0.243 e. The van der Waals surface area contributed by atoms with Crippen molar-refractivity contribution < 1.29 is 19.0 Å². The molecule has 8 nitrogen and oxygen atoms in total. The number of piperidine rings is 1. The van der Waals surface area contributed by atoms with E-state index in [1.165, 1.54) is 0 Å². The average Bonchev–Trinajstić information content (AvgIpc) is 3.11. The Balaban J connectivity index is 0.00000392. The highest BCUT2D eigenvalue weighted by molar-refractivity contribution is 14.0. The zero-order valence-electron chi connectivity index (χ0n) is 17.7. The van der Waals surface area contributed by atoms with Gasteiger partial charge in [-0.05, 0) is 33.1 Å². The van der Waals surface area contributed by atoms with Crippen molar-refractivity contribution in [3.63, 3.8) is 0 Å². The van der Waals surface area contributed by atoms with Crippen molar-refractivity contribution in [3.05, 3.63) is 0 Å². The number of rotatable bonds is 8. The van der Waals surface area contributed by atoms with Crippen LogP contribution in [0.2, 0.25) is 0 Å². The molecule has 2 aliphatic rings. The number of hydrogen-bond donors (Lipinski definition) is 1. The van der Waals surface area contributed by atoms with Crippen molar-refractivity contribution in [2.75, 3.05) is 66.7 Å². The van der Waals surface area contributed by atoms with Gasteiger partial charge in [-0.15, -0.1) is 24.0 Å². The molecule has 0 aromatic heterocycles. The Kier molecular flexibility index (Phi) is 11.6. The van der Waals surface area contributed by atoms with Gasteiger partial charge in [0.15, 0.2) is 11.7 Å². The van der Waals surface area contributed by atoms with Crippen LogP contribution in [0.15, 0.2) is 4.99 Å². The van der Waals surface area contributed by atoms with Crippen LogP contribution >= 0.6 is 24.0 Å². The lowest BCUT2D eigenvalue weighted by atomic mass is 9.90. The lowest BCUT2D eigenvalue weighted by molar-refractivity contribution is -0.189. The molecule has 0 radical (unpaired) electrons. The number of nitrogens with zero attached hydrogens (tertiary/aromatic N) is 3. The number of nitrogens with one attached hydrogen (secondary N) is 1. The lowest BCUT2D eigenvalue weighted by Gasteiger charge is -2.41. The second kappa shape index (κ2) is 12.8. The fourth-order valence-corrected chi connectivity index (χ4v) is 3.43. The molecule has 0 bridgehead atoms. The number of carbonyl (C=O) groups is 1. The van der Waals surface area contributed by atoms with Gasteiger partial charge < -0.3 is 29.3 Å². The number of likely N-dealkylation sites (tertiary alicyclic amines) is 1. The molecule has 1 atom stereocenters. The van der Waals surface area contributed by atoms with Gasteiger partial charge in [0.05, 0.1) is 13.2 Å². The minimum absolute atomic E-state index is 0. The Bertz CT molecular complexity index is 498. The summed E-state index contributed by atoms with van der Waals surface area (Å²) >= 11 is 0. The Labute approximate surface area is 186 Å². The minimum Gasteiger partial charge on any atom is -0.382 e. The number of carbonyl (C=O) groups excluding carboxylic acids is 1. The first-order chi connectivity index (χ1) is 13.0. The Morgan fingerprint density at radius 1 is 1.36 bits per heavy atom. The smallest absolute Gasteiger partial charge is 0.243 e. The van der Waals surface area contributed by atoms with E-state index in [1.807, 2.05) is 13.8 Å². The molecule has 0 aromatic carbocycles. The van der Waals surface area contributed by atoms with Gasteiger partial charge in [0.25, 0.3) is 0 Å². The standard InChI is InChI=1S/C19H36N4O4.HI/c1-5-25-11-7-9-20-18(21-14-17(24)22(3)4)23-10-6-8-16(15-23)19(2)26-12-13-27-19;/h16H,5-15H2,1-4H3,(H,20,21);1H. The van der Waals surface area contributed by atoms with Crippen molar-refractivity contribution >= 4 is 35.8 Å². The molecule has 2 heterocycles. The summed E-state index contributed by atoms with van der Waals surface area (Å²) in [5.74, 6) is 0.548. The maximum absolute atomic E-state index is 12.0. The van der Waals surface area contributed by atoms with Crippen molar-refractivity contribution in [1.29, 1.82) is 0 Å². The molecule has 0 aliphatic carbocycles. The van der Waals surface area contributed by atoms with Crippen molar-refractivity contribution in [2.45, 2.75) is 38.9 Å². The molecule has 28 heavy (non-hydrogen) atoms. The maximum atomic E-state index is 12.0. The largest absolute Gasteiger partial charge is 0.382 e. The zero-order valence-corrected chi connectivity index (χ0v) is 20.1. The van der Waals surface area contributed by atoms with E-state index in [0.29, 0.717) is 13.2 Å². The van der Waals surface area contributed by atoms with Gasteiger partial charge in [-0.1, -0.05) is 0 Å². The van der Waals surface area contributed by atoms with Crippen LogP contribution in [0.4, 0.5) is 0 Å². The molecule has 0 saturated carbocycles. The van der Waals surface area contributed by atoms with Crippen LogP contribution in [0.25, 0.3) is 0 Å². The van der Waals surface area contributed by atoms with Crippen LogP contribution in [0.1, 0.15) is 33.1 Å². The number of aliphatic imine (C=N–C) groups is 1. The van der Waals surface area contributed by atoms with E-state index in [-0.39, 0.29) is 42.3 Å². The molecule has 0 spiro atoms. The van der Waals surface area contributed by atoms with Crippen LogP contribution in [0.3, 0.4) is 0 Å². The third kappa shape index (κ3) is 7.64. The van der Waals surface area contributed by atoms with Gasteiger partial charge in [0.2, 0.25) is 5.91 Å². The molecule has 2 fully saturated rings. The second-order valence-electron chi connectivity index (χ2n) is 7.40. The summed E-state index contributed by atoms with van der Waals surface area (Å²) < 4.78 is 17.2. The summed E-state index contributed by atoms with van der Waals surface area (Å²) in [6.07, 6.45) is 3.02. The van der Waals surface area contributed by atoms with E-state index in [2.05, 4.69) is 15.2 Å².